The Morgan fingerprint density at radius 1 is 1.40 bits per heavy atom. The van der Waals surface area contributed by atoms with Gasteiger partial charge in [-0.05, 0) is 18.9 Å². The van der Waals surface area contributed by atoms with Crippen LogP contribution in [0, 0.1) is 0 Å². The summed E-state index contributed by atoms with van der Waals surface area (Å²) in [6.45, 7) is 0. The first-order chi connectivity index (χ1) is 7.24. The van der Waals surface area contributed by atoms with E-state index < -0.39 is 10.8 Å². The fourth-order valence-electron chi connectivity index (χ4n) is 1.71. The number of nitrogens with one attached hydrogen (secondary N) is 1. The molecule has 4 nitrogen and oxygen atoms in total. The predicted octanol–water partition coefficient (Wildman–Crippen LogP) is 0.987. The first-order valence-electron chi connectivity index (χ1n) is 5.06. The van der Waals surface area contributed by atoms with Crippen molar-refractivity contribution in [3.8, 4) is 0 Å². The first kappa shape index (κ1) is 10.4. The summed E-state index contributed by atoms with van der Waals surface area (Å²) in [6, 6.07) is 2.28. The van der Waals surface area contributed by atoms with Crippen LogP contribution in [0.3, 0.4) is 0 Å². The Kier molecular flexibility index (Phi) is 3.20. The lowest BCUT2D eigenvalue weighted by Crippen LogP contribution is -2.29. The quantitative estimate of drug-likeness (QED) is 0.787. The third-order valence-corrected chi connectivity index (χ3v) is 3.90. The normalized spacial score (nSPS) is 26.1. The van der Waals surface area contributed by atoms with Crippen molar-refractivity contribution in [3.63, 3.8) is 0 Å². The molecule has 0 atom stereocenters. The van der Waals surface area contributed by atoms with Crippen LogP contribution in [0.2, 0.25) is 0 Å². The Balaban J connectivity index is 1.94. The van der Waals surface area contributed by atoms with E-state index >= 15 is 0 Å². The van der Waals surface area contributed by atoms with Gasteiger partial charge in [-0.25, -0.2) is 0 Å². The molecule has 0 saturated carbocycles. The van der Waals surface area contributed by atoms with Gasteiger partial charge >= 0.3 is 0 Å². The van der Waals surface area contributed by atoms with Crippen molar-refractivity contribution in [1.29, 1.82) is 0 Å². The second-order valence-electron chi connectivity index (χ2n) is 3.77. The fourth-order valence-corrected chi connectivity index (χ4v) is 3.01. The number of anilines is 2. The van der Waals surface area contributed by atoms with Gasteiger partial charge in [0, 0.05) is 34.5 Å². The highest BCUT2D eigenvalue weighted by Gasteiger charge is 2.17. The van der Waals surface area contributed by atoms with Gasteiger partial charge < -0.3 is 11.1 Å². The van der Waals surface area contributed by atoms with Gasteiger partial charge in [0.05, 0.1) is 17.6 Å². The second kappa shape index (κ2) is 4.61. The number of nitrogens with two attached hydrogens (primary N) is 1. The summed E-state index contributed by atoms with van der Waals surface area (Å²) < 4.78 is 11.2. The topological polar surface area (TPSA) is 68.0 Å². The maximum absolute atomic E-state index is 11.2. The van der Waals surface area contributed by atoms with E-state index in [0.717, 1.165) is 30.0 Å². The van der Waals surface area contributed by atoms with E-state index in [1.165, 1.54) is 0 Å². The minimum atomic E-state index is -0.604. The Morgan fingerprint density at radius 3 is 2.80 bits per heavy atom. The lowest BCUT2D eigenvalue weighted by atomic mass is 10.1. The van der Waals surface area contributed by atoms with Crippen LogP contribution in [-0.4, -0.2) is 26.7 Å². The van der Waals surface area contributed by atoms with E-state index in [0.29, 0.717) is 11.7 Å². The van der Waals surface area contributed by atoms with Crippen molar-refractivity contribution in [2.24, 2.45) is 0 Å². The number of aromatic nitrogens is 1. The molecule has 0 radical (unpaired) electrons. The van der Waals surface area contributed by atoms with Gasteiger partial charge in [-0.15, -0.1) is 0 Å². The maximum Gasteiger partial charge on any atom is 0.0549 e. The van der Waals surface area contributed by atoms with E-state index in [-0.39, 0.29) is 0 Å². The smallest absolute Gasteiger partial charge is 0.0549 e. The summed E-state index contributed by atoms with van der Waals surface area (Å²) in [4.78, 5) is 4.02. The number of nitrogens with zero attached hydrogens (tertiary/aromatic N) is 1. The zero-order valence-corrected chi connectivity index (χ0v) is 9.30. The van der Waals surface area contributed by atoms with Crippen molar-refractivity contribution < 1.29 is 4.21 Å². The van der Waals surface area contributed by atoms with Crippen LogP contribution in [0.5, 0.6) is 0 Å². The minimum absolute atomic E-state index is 0.409. The largest absolute Gasteiger partial charge is 0.397 e. The number of rotatable bonds is 2. The maximum atomic E-state index is 11.2. The SMILES string of the molecule is Nc1cncc(NC2CCS(=O)CC2)c1. The molecule has 0 amide bonds. The standard InChI is InChI=1S/C10H15N3OS/c11-8-5-10(7-12-6-8)13-9-1-3-15(14)4-2-9/h5-7,9,13H,1-4,11H2. The zero-order chi connectivity index (χ0) is 10.7. The fraction of sp³-hybridized carbons (Fsp3) is 0.500. The zero-order valence-electron chi connectivity index (χ0n) is 8.48. The van der Waals surface area contributed by atoms with E-state index in [9.17, 15) is 4.21 Å². The molecule has 2 heterocycles. The van der Waals surface area contributed by atoms with Crippen LogP contribution in [0.1, 0.15) is 12.8 Å². The molecule has 15 heavy (non-hydrogen) atoms. The molecule has 5 heteroatoms. The minimum Gasteiger partial charge on any atom is -0.397 e. The Morgan fingerprint density at radius 2 is 2.13 bits per heavy atom. The monoisotopic (exact) mass is 225 g/mol. The molecule has 1 aromatic rings. The molecule has 1 aliphatic heterocycles. The third kappa shape index (κ3) is 2.92. The molecule has 1 fully saturated rings. The van der Waals surface area contributed by atoms with Crippen molar-refractivity contribution in [2.45, 2.75) is 18.9 Å². The highest BCUT2D eigenvalue weighted by Crippen LogP contribution is 2.16. The van der Waals surface area contributed by atoms with Gasteiger partial charge in [-0.2, -0.15) is 0 Å². The van der Waals surface area contributed by atoms with Gasteiger partial charge in [0.15, 0.2) is 0 Å². The van der Waals surface area contributed by atoms with Crippen molar-refractivity contribution in [2.75, 3.05) is 22.6 Å². The average Bonchev–Trinajstić information content (AvgIpc) is 2.22. The molecule has 2 rings (SSSR count). The summed E-state index contributed by atoms with van der Waals surface area (Å²) >= 11 is 0. The molecule has 0 aliphatic carbocycles. The first-order valence-corrected chi connectivity index (χ1v) is 6.55. The van der Waals surface area contributed by atoms with Gasteiger partial charge in [0.2, 0.25) is 0 Å². The number of hydrogen-bond acceptors (Lipinski definition) is 4. The van der Waals surface area contributed by atoms with Crippen LogP contribution in [0.15, 0.2) is 18.5 Å². The summed E-state index contributed by atoms with van der Waals surface area (Å²) in [5.74, 6) is 1.60. The lowest BCUT2D eigenvalue weighted by Gasteiger charge is -2.23. The van der Waals surface area contributed by atoms with E-state index in [4.69, 9.17) is 5.73 Å². The highest BCUT2D eigenvalue weighted by atomic mass is 32.2. The number of hydrogen-bond donors (Lipinski definition) is 2. The molecule has 0 bridgehead atoms. The lowest BCUT2D eigenvalue weighted by molar-refractivity contribution is 0.624. The molecular formula is C10H15N3OS. The van der Waals surface area contributed by atoms with Crippen LogP contribution < -0.4 is 11.1 Å². The summed E-state index contributed by atoms with van der Waals surface area (Å²) in [7, 11) is -0.604. The average molecular weight is 225 g/mol. The van der Waals surface area contributed by atoms with E-state index in [1.807, 2.05) is 6.07 Å². The van der Waals surface area contributed by atoms with Gasteiger partial charge in [0.25, 0.3) is 0 Å². The van der Waals surface area contributed by atoms with Gasteiger partial charge in [-0.3, -0.25) is 9.19 Å². The van der Waals surface area contributed by atoms with Crippen LogP contribution in [0.25, 0.3) is 0 Å². The Labute approximate surface area is 91.7 Å². The highest BCUT2D eigenvalue weighted by molar-refractivity contribution is 7.85. The summed E-state index contributed by atoms with van der Waals surface area (Å²) in [5, 5.41) is 3.37. The molecule has 1 saturated heterocycles. The van der Waals surface area contributed by atoms with E-state index in [2.05, 4.69) is 10.3 Å². The Bertz CT molecular complexity index is 359. The van der Waals surface area contributed by atoms with Crippen molar-refractivity contribution in [3.05, 3.63) is 18.5 Å². The van der Waals surface area contributed by atoms with Crippen LogP contribution in [0.4, 0.5) is 11.4 Å². The number of pyridine rings is 1. The van der Waals surface area contributed by atoms with Crippen LogP contribution >= 0.6 is 0 Å². The molecule has 0 unspecified atom stereocenters. The number of nitrogen functional groups attached to an aromatic ring is 1. The van der Waals surface area contributed by atoms with Crippen LogP contribution in [-0.2, 0) is 10.8 Å². The molecular weight excluding hydrogens is 210 g/mol. The molecule has 3 N–H and O–H groups in total. The second-order valence-corrected chi connectivity index (χ2v) is 5.47. The molecule has 82 valence electrons. The molecule has 1 aliphatic rings. The third-order valence-electron chi connectivity index (χ3n) is 2.52. The summed E-state index contributed by atoms with van der Waals surface area (Å²) in [6.07, 6.45) is 5.31. The Hall–Kier alpha value is -1.10. The molecule has 0 aromatic carbocycles. The summed E-state index contributed by atoms with van der Waals surface area (Å²) in [5.41, 5.74) is 7.25. The van der Waals surface area contributed by atoms with Crippen molar-refractivity contribution >= 4 is 22.2 Å². The molecule has 1 aromatic heterocycles. The van der Waals surface area contributed by atoms with Crippen molar-refractivity contribution in [1.82, 2.24) is 4.98 Å². The van der Waals surface area contributed by atoms with Gasteiger partial charge in [0.1, 0.15) is 0 Å². The van der Waals surface area contributed by atoms with E-state index in [1.54, 1.807) is 12.4 Å². The molecule has 0 spiro atoms. The predicted molar refractivity (Wildman–Crippen MR) is 63.2 cm³/mol. The van der Waals surface area contributed by atoms with Gasteiger partial charge in [-0.1, -0.05) is 0 Å².